The number of aryl methyl sites for hydroxylation is 1. The van der Waals surface area contributed by atoms with Crippen LogP contribution in [0.3, 0.4) is 0 Å². The van der Waals surface area contributed by atoms with Gasteiger partial charge in [-0.2, -0.15) is 0 Å². The van der Waals surface area contributed by atoms with E-state index in [0.717, 1.165) is 37.8 Å². The van der Waals surface area contributed by atoms with Crippen molar-refractivity contribution >= 4 is 5.82 Å². The largest absolute Gasteiger partial charge is 0.357 e. The molecule has 0 aromatic carbocycles. The summed E-state index contributed by atoms with van der Waals surface area (Å²) in [7, 11) is 0. The van der Waals surface area contributed by atoms with Crippen molar-refractivity contribution in [2.24, 2.45) is 5.92 Å². The lowest BCUT2D eigenvalue weighted by atomic mass is 9.98. The molecule has 1 saturated heterocycles. The van der Waals surface area contributed by atoms with E-state index in [9.17, 15) is 0 Å². The molecule has 0 spiro atoms. The second-order valence-electron chi connectivity index (χ2n) is 6.34. The zero-order valence-electron chi connectivity index (χ0n) is 14.0. The molecule has 1 aliphatic heterocycles. The van der Waals surface area contributed by atoms with Crippen LogP contribution in [0.15, 0.2) is 12.1 Å². The van der Waals surface area contributed by atoms with Crippen LogP contribution >= 0.6 is 0 Å². The first-order valence-electron chi connectivity index (χ1n) is 8.66. The molecule has 21 heavy (non-hydrogen) atoms. The Morgan fingerprint density at radius 2 is 2.10 bits per heavy atom. The Morgan fingerprint density at radius 3 is 2.86 bits per heavy atom. The number of anilines is 1. The number of hydrogen-bond donors (Lipinski definition) is 1. The maximum absolute atomic E-state index is 4.78. The first-order chi connectivity index (χ1) is 10.2. The van der Waals surface area contributed by atoms with Gasteiger partial charge >= 0.3 is 0 Å². The molecule has 0 saturated carbocycles. The van der Waals surface area contributed by atoms with Crippen LogP contribution in [0.5, 0.6) is 0 Å². The van der Waals surface area contributed by atoms with Crippen molar-refractivity contribution in [3.8, 4) is 0 Å². The number of hydrogen-bond acceptors (Lipinski definition) is 3. The molecule has 0 bridgehead atoms. The Bertz CT molecular complexity index is 430. The predicted octanol–water partition coefficient (Wildman–Crippen LogP) is 3.91. The van der Waals surface area contributed by atoms with Crippen LogP contribution < -0.4 is 10.2 Å². The quantitative estimate of drug-likeness (QED) is 0.805. The van der Waals surface area contributed by atoms with Gasteiger partial charge < -0.3 is 10.2 Å². The molecule has 0 aliphatic carbocycles. The second kappa shape index (κ2) is 8.38. The molecule has 2 rings (SSSR count). The lowest BCUT2D eigenvalue weighted by Crippen LogP contribution is -2.26. The molecule has 3 nitrogen and oxygen atoms in total. The molecule has 1 aliphatic rings. The van der Waals surface area contributed by atoms with Crippen molar-refractivity contribution in [3.05, 3.63) is 23.4 Å². The van der Waals surface area contributed by atoms with Crippen LogP contribution in [0, 0.1) is 12.8 Å². The highest BCUT2D eigenvalue weighted by Gasteiger charge is 2.17. The van der Waals surface area contributed by atoms with Crippen molar-refractivity contribution < 1.29 is 0 Å². The number of pyridine rings is 1. The van der Waals surface area contributed by atoms with Gasteiger partial charge in [-0.15, -0.1) is 0 Å². The van der Waals surface area contributed by atoms with Crippen LogP contribution in [0.25, 0.3) is 0 Å². The van der Waals surface area contributed by atoms with Gasteiger partial charge in [-0.05, 0) is 62.8 Å². The smallest absolute Gasteiger partial charge is 0.129 e. The van der Waals surface area contributed by atoms with Crippen LogP contribution in [0.4, 0.5) is 5.82 Å². The van der Waals surface area contributed by atoms with Crippen molar-refractivity contribution in [3.63, 3.8) is 0 Å². The molecular formula is C18H31N3. The summed E-state index contributed by atoms with van der Waals surface area (Å²) in [6.07, 6.45) is 6.50. The molecule has 118 valence electrons. The third kappa shape index (κ3) is 4.99. The summed E-state index contributed by atoms with van der Waals surface area (Å²) < 4.78 is 0. The summed E-state index contributed by atoms with van der Waals surface area (Å²) >= 11 is 0. The first kappa shape index (κ1) is 16.3. The number of nitrogens with one attached hydrogen (secondary N) is 1. The van der Waals surface area contributed by atoms with Gasteiger partial charge in [0.25, 0.3) is 0 Å². The van der Waals surface area contributed by atoms with Crippen molar-refractivity contribution in [1.29, 1.82) is 0 Å². The zero-order valence-corrected chi connectivity index (χ0v) is 14.0. The minimum absolute atomic E-state index is 0.908. The standard InChI is InChI=1S/C18H31N3/c1-4-9-19-14-17-12-15(3)20-18(13-17)21-10-6-7-16(5-2)8-11-21/h12-13,16,19H,4-11,14H2,1-3H3. The molecule has 0 amide bonds. The highest BCUT2D eigenvalue weighted by Crippen LogP contribution is 2.24. The fourth-order valence-corrected chi connectivity index (χ4v) is 3.20. The van der Waals surface area contributed by atoms with Gasteiger partial charge in [0.15, 0.2) is 0 Å². The van der Waals surface area contributed by atoms with E-state index in [2.05, 4.69) is 43.1 Å². The van der Waals surface area contributed by atoms with E-state index >= 15 is 0 Å². The molecule has 1 aromatic heterocycles. The summed E-state index contributed by atoms with van der Waals surface area (Å²) in [5.41, 5.74) is 2.50. The van der Waals surface area contributed by atoms with Gasteiger partial charge in [-0.25, -0.2) is 4.98 Å². The highest BCUT2D eigenvalue weighted by atomic mass is 15.2. The zero-order chi connectivity index (χ0) is 15.1. The SMILES string of the molecule is CCCNCc1cc(C)nc(N2CCCC(CC)CC2)c1. The van der Waals surface area contributed by atoms with Gasteiger partial charge in [0.05, 0.1) is 0 Å². The van der Waals surface area contributed by atoms with E-state index in [1.807, 2.05) is 0 Å². The molecule has 3 heteroatoms. The van der Waals surface area contributed by atoms with Gasteiger partial charge in [0.1, 0.15) is 5.82 Å². The van der Waals surface area contributed by atoms with Crippen LogP contribution in [0.1, 0.15) is 57.2 Å². The van der Waals surface area contributed by atoms with Gasteiger partial charge in [0, 0.05) is 25.3 Å². The van der Waals surface area contributed by atoms with Gasteiger partial charge in [0.2, 0.25) is 0 Å². The monoisotopic (exact) mass is 289 g/mol. The minimum Gasteiger partial charge on any atom is -0.357 e. The van der Waals surface area contributed by atoms with Crippen LogP contribution in [0.2, 0.25) is 0 Å². The lowest BCUT2D eigenvalue weighted by Gasteiger charge is -2.23. The molecular weight excluding hydrogens is 258 g/mol. The fourth-order valence-electron chi connectivity index (χ4n) is 3.20. The van der Waals surface area contributed by atoms with Crippen LogP contribution in [-0.2, 0) is 6.54 Å². The van der Waals surface area contributed by atoms with Crippen LogP contribution in [-0.4, -0.2) is 24.6 Å². The first-order valence-corrected chi connectivity index (χ1v) is 8.66. The van der Waals surface area contributed by atoms with Crippen molar-refractivity contribution in [1.82, 2.24) is 10.3 Å². The van der Waals surface area contributed by atoms with E-state index in [1.165, 1.54) is 43.5 Å². The van der Waals surface area contributed by atoms with E-state index in [1.54, 1.807) is 0 Å². The van der Waals surface area contributed by atoms with E-state index in [-0.39, 0.29) is 0 Å². The number of nitrogens with zero attached hydrogens (tertiary/aromatic N) is 2. The lowest BCUT2D eigenvalue weighted by molar-refractivity contribution is 0.459. The van der Waals surface area contributed by atoms with Crippen molar-refractivity contribution in [2.45, 2.75) is 59.4 Å². The Hall–Kier alpha value is -1.09. The number of aromatic nitrogens is 1. The molecule has 1 aromatic rings. The third-order valence-corrected chi connectivity index (χ3v) is 4.50. The second-order valence-corrected chi connectivity index (χ2v) is 6.34. The maximum Gasteiger partial charge on any atom is 0.129 e. The third-order valence-electron chi connectivity index (χ3n) is 4.50. The van der Waals surface area contributed by atoms with Gasteiger partial charge in [-0.1, -0.05) is 20.3 Å². The maximum atomic E-state index is 4.78. The Kier molecular flexibility index (Phi) is 6.50. The number of rotatable bonds is 6. The minimum atomic E-state index is 0.908. The average Bonchev–Trinajstić information content (AvgIpc) is 2.72. The molecule has 1 atom stereocenters. The summed E-state index contributed by atoms with van der Waals surface area (Å²) in [6.45, 7) is 11.0. The molecule has 0 radical (unpaired) electrons. The summed E-state index contributed by atoms with van der Waals surface area (Å²) in [5.74, 6) is 2.09. The van der Waals surface area contributed by atoms with E-state index < -0.39 is 0 Å². The van der Waals surface area contributed by atoms with Gasteiger partial charge in [-0.3, -0.25) is 0 Å². The van der Waals surface area contributed by atoms with E-state index in [0.29, 0.717) is 0 Å². The highest BCUT2D eigenvalue weighted by molar-refractivity contribution is 5.42. The molecule has 2 heterocycles. The molecule has 1 unspecified atom stereocenters. The molecule has 1 fully saturated rings. The van der Waals surface area contributed by atoms with Crippen molar-refractivity contribution in [2.75, 3.05) is 24.5 Å². The normalized spacial score (nSPS) is 19.6. The Balaban J connectivity index is 2.04. The summed E-state index contributed by atoms with van der Waals surface area (Å²) in [4.78, 5) is 7.27. The Labute approximate surface area is 130 Å². The molecule has 1 N–H and O–H groups in total. The predicted molar refractivity (Wildman–Crippen MR) is 90.8 cm³/mol. The Morgan fingerprint density at radius 1 is 1.24 bits per heavy atom. The van der Waals surface area contributed by atoms with E-state index in [4.69, 9.17) is 4.98 Å². The topological polar surface area (TPSA) is 28.2 Å². The average molecular weight is 289 g/mol. The summed E-state index contributed by atoms with van der Waals surface area (Å²) in [6, 6.07) is 4.49. The fraction of sp³-hybridized carbons (Fsp3) is 0.722. The summed E-state index contributed by atoms with van der Waals surface area (Å²) in [5, 5.41) is 3.49.